The van der Waals surface area contributed by atoms with Crippen LogP contribution in [0.4, 0.5) is 5.69 Å². The van der Waals surface area contributed by atoms with Gasteiger partial charge in [0.1, 0.15) is 18.0 Å². The first-order valence-corrected chi connectivity index (χ1v) is 12.7. The number of aromatic nitrogens is 2. The van der Waals surface area contributed by atoms with E-state index in [-0.39, 0.29) is 17.5 Å². The van der Waals surface area contributed by atoms with Crippen LogP contribution in [0.5, 0.6) is 11.5 Å². The summed E-state index contributed by atoms with van der Waals surface area (Å²) in [6.45, 7) is 2.08. The zero-order valence-electron chi connectivity index (χ0n) is 19.9. The summed E-state index contributed by atoms with van der Waals surface area (Å²) in [4.78, 5) is 29.3. The molecule has 11 heteroatoms. The largest absolute Gasteiger partial charge is 0.497 e. The number of nitrogens with one attached hydrogen (secondary N) is 1. The van der Waals surface area contributed by atoms with Crippen molar-refractivity contribution in [3.05, 3.63) is 53.1 Å². The molecule has 35 heavy (non-hydrogen) atoms. The van der Waals surface area contributed by atoms with E-state index < -0.39 is 21.6 Å². The first-order valence-electron chi connectivity index (χ1n) is 11.3. The lowest BCUT2D eigenvalue weighted by atomic mass is 10.1. The van der Waals surface area contributed by atoms with Gasteiger partial charge in [0.2, 0.25) is 15.9 Å². The number of fused-ring (bicyclic) bond motifs is 1. The third kappa shape index (κ3) is 5.01. The Bertz CT molecular complexity index is 1420. The monoisotopic (exact) mass is 500 g/mol. The molecule has 1 N–H and O–H groups in total. The van der Waals surface area contributed by atoms with Crippen LogP contribution in [0.2, 0.25) is 0 Å². The molecule has 0 saturated carbocycles. The normalized spacial score (nSPS) is 16.7. The maximum Gasteiger partial charge on any atom is 0.348 e. The van der Waals surface area contributed by atoms with Crippen LogP contribution in [-0.2, 0) is 21.4 Å². The number of methoxy groups -OCH3 is 2. The fourth-order valence-electron chi connectivity index (χ4n) is 4.29. The average Bonchev–Trinajstić information content (AvgIpc) is 2.85. The zero-order valence-corrected chi connectivity index (χ0v) is 20.7. The maximum absolute atomic E-state index is 13.2. The molecule has 1 unspecified atom stereocenters. The van der Waals surface area contributed by atoms with E-state index in [1.54, 1.807) is 24.3 Å². The van der Waals surface area contributed by atoms with Crippen LogP contribution in [0.15, 0.2) is 52.3 Å². The highest BCUT2D eigenvalue weighted by Crippen LogP contribution is 2.29. The number of piperidine rings is 1. The summed E-state index contributed by atoms with van der Waals surface area (Å²) >= 11 is 0. The van der Waals surface area contributed by atoms with Crippen LogP contribution >= 0.6 is 0 Å². The Morgan fingerprint density at radius 2 is 1.94 bits per heavy atom. The Labute approximate surface area is 203 Å². The molecule has 186 valence electrons. The van der Waals surface area contributed by atoms with Crippen molar-refractivity contribution in [3.63, 3.8) is 0 Å². The quantitative estimate of drug-likeness (QED) is 0.529. The number of carbonyl (C=O) groups is 1. The van der Waals surface area contributed by atoms with Gasteiger partial charge in [0.25, 0.3) is 0 Å². The number of benzene rings is 2. The van der Waals surface area contributed by atoms with E-state index in [0.29, 0.717) is 34.6 Å². The lowest BCUT2D eigenvalue weighted by Crippen LogP contribution is -2.41. The summed E-state index contributed by atoms with van der Waals surface area (Å²) in [5, 5.41) is 3.18. The Morgan fingerprint density at radius 3 is 2.66 bits per heavy atom. The number of nitrogens with zero attached hydrogens (tertiary/aromatic N) is 3. The van der Waals surface area contributed by atoms with Gasteiger partial charge in [-0.25, -0.2) is 18.2 Å². The second kappa shape index (κ2) is 10.0. The Hall–Kier alpha value is -3.44. The first kappa shape index (κ1) is 24.7. The van der Waals surface area contributed by atoms with Gasteiger partial charge in [0.05, 0.1) is 30.3 Å². The van der Waals surface area contributed by atoms with Crippen LogP contribution < -0.4 is 20.5 Å². The van der Waals surface area contributed by atoms with Crippen molar-refractivity contribution in [2.75, 3.05) is 26.1 Å². The average molecular weight is 501 g/mol. The molecule has 1 fully saturated rings. The standard InChI is InChI=1S/C24H28N4O6S/c1-16-6-4-5-11-28(16)35(31,32)19-8-10-21-17(12-19)14-25-24(30)27(21)15-23(29)26-20-9-7-18(33-2)13-22(20)34-3/h7-10,12-14,16H,4-6,11,15H2,1-3H3,(H,26,29). The van der Waals surface area contributed by atoms with Crippen molar-refractivity contribution >= 4 is 32.5 Å². The van der Waals surface area contributed by atoms with Crippen LogP contribution in [0.1, 0.15) is 26.2 Å². The molecule has 1 atom stereocenters. The van der Waals surface area contributed by atoms with E-state index in [0.717, 1.165) is 19.3 Å². The molecule has 1 saturated heterocycles. The zero-order chi connectivity index (χ0) is 25.2. The van der Waals surface area contributed by atoms with Gasteiger partial charge in [0.15, 0.2) is 0 Å². The molecule has 1 amide bonds. The number of rotatable bonds is 7. The predicted molar refractivity (Wildman–Crippen MR) is 131 cm³/mol. The van der Waals surface area contributed by atoms with Crippen molar-refractivity contribution in [1.29, 1.82) is 0 Å². The van der Waals surface area contributed by atoms with Gasteiger partial charge >= 0.3 is 5.69 Å². The van der Waals surface area contributed by atoms with Gasteiger partial charge in [-0.15, -0.1) is 0 Å². The summed E-state index contributed by atoms with van der Waals surface area (Å²) in [6, 6.07) is 9.38. The highest BCUT2D eigenvalue weighted by molar-refractivity contribution is 7.89. The van der Waals surface area contributed by atoms with Crippen molar-refractivity contribution < 1.29 is 22.7 Å². The molecule has 1 aromatic heterocycles. The van der Waals surface area contributed by atoms with Gasteiger partial charge < -0.3 is 14.8 Å². The van der Waals surface area contributed by atoms with Crippen LogP contribution in [0, 0.1) is 0 Å². The lowest BCUT2D eigenvalue weighted by Gasteiger charge is -2.32. The first-order chi connectivity index (χ1) is 16.7. The fourth-order valence-corrected chi connectivity index (χ4v) is 6.03. The summed E-state index contributed by atoms with van der Waals surface area (Å²) in [5.74, 6) is 0.505. The summed E-state index contributed by atoms with van der Waals surface area (Å²) in [5.41, 5.74) is 0.214. The number of hydrogen-bond acceptors (Lipinski definition) is 7. The minimum Gasteiger partial charge on any atom is -0.497 e. The molecule has 4 rings (SSSR count). The highest BCUT2D eigenvalue weighted by atomic mass is 32.2. The molecule has 0 radical (unpaired) electrons. The number of ether oxygens (including phenoxy) is 2. The summed E-state index contributed by atoms with van der Waals surface area (Å²) in [6.07, 6.45) is 3.98. The lowest BCUT2D eigenvalue weighted by molar-refractivity contribution is -0.116. The van der Waals surface area contributed by atoms with Gasteiger partial charge in [-0.2, -0.15) is 4.31 Å². The number of anilines is 1. The molecule has 3 aromatic rings. The Morgan fingerprint density at radius 1 is 1.14 bits per heavy atom. The van der Waals surface area contributed by atoms with E-state index in [9.17, 15) is 18.0 Å². The molecular formula is C24H28N4O6S. The van der Waals surface area contributed by atoms with Crippen LogP contribution in [-0.4, -0.2) is 55.0 Å². The topological polar surface area (TPSA) is 120 Å². The second-order valence-corrected chi connectivity index (χ2v) is 10.3. The van der Waals surface area contributed by atoms with Gasteiger partial charge in [-0.1, -0.05) is 6.42 Å². The van der Waals surface area contributed by atoms with Crippen molar-refractivity contribution in [3.8, 4) is 11.5 Å². The van der Waals surface area contributed by atoms with Crippen molar-refractivity contribution in [1.82, 2.24) is 13.9 Å². The second-order valence-electron chi connectivity index (χ2n) is 8.42. The number of carbonyl (C=O) groups excluding carboxylic acids is 1. The molecule has 2 heterocycles. The minimum absolute atomic E-state index is 0.0739. The smallest absolute Gasteiger partial charge is 0.348 e. The molecule has 0 spiro atoms. The van der Waals surface area contributed by atoms with E-state index in [1.807, 2.05) is 6.92 Å². The van der Waals surface area contributed by atoms with E-state index in [4.69, 9.17) is 9.47 Å². The molecular weight excluding hydrogens is 472 g/mol. The van der Waals surface area contributed by atoms with Crippen molar-refractivity contribution in [2.45, 2.75) is 43.7 Å². The van der Waals surface area contributed by atoms with Gasteiger partial charge in [0, 0.05) is 30.2 Å². The third-order valence-corrected chi connectivity index (χ3v) is 8.18. The molecule has 0 bridgehead atoms. The Kier molecular flexibility index (Phi) is 7.08. The molecule has 1 aliphatic heterocycles. The number of hydrogen-bond donors (Lipinski definition) is 1. The van der Waals surface area contributed by atoms with E-state index >= 15 is 0 Å². The third-order valence-electron chi connectivity index (χ3n) is 6.17. The van der Waals surface area contributed by atoms with Crippen LogP contribution in [0.3, 0.4) is 0 Å². The Balaban J connectivity index is 1.62. The van der Waals surface area contributed by atoms with Crippen LogP contribution in [0.25, 0.3) is 10.9 Å². The molecule has 1 aliphatic rings. The number of sulfonamides is 1. The van der Waals surface area contributed by atoms with Crippen molar-refractivity contribution in [2.24, 2.45) is 0 Å². The minimum atomic E-state index is -3.69. The fraction of sp³-hybridized carbons (Fsp3) is 0.375. The van der Waals surface area contributed by atoms with E-state index in [1.165, 1.54) is 41.4 Å². The molecule has 2 aromatic carbocycles. The molecule has 0 aliphatic carbocycles. The summed E-state index contributed by atoms with van der Waals surface area (Å²) in [7, 11) is -0.692. The maximum atomic E-state index is 13.2. The highest BCUT2D eigenvalue weighted by Gasteiger charge is 2.31. The molecule has 10 nitrogen and oxygen atoms in total. The summed E-state index contributed by atoms with van der Waals surface area (Å²) < 4.78 is 39.7. The van der Waals surface area contributed by atoms with Gasteiger partial charge in [-0.3, -0.25) is 9.36 Å². The predicted octanol–water partition coefficient (Wildman–Crippen LogP) is 2.62. The SMILES string of the molecule is COc1ccc(NC(=O)Cn2c(=O)ncc3cc(S(=O)(=O)N4CCCCC4C)ccc32)c(OC)c1. The number of amides is 1. The van der Waals surface area contributed by atoms with Gasteiger partial charge in [-0.05, 0) is 50.1 Å². The van der Waals surface area contributed by atoms with E-state index in [2.05, 4.69) is 10.3 Å².